The molecule has 1 aromatic carbocycles. The van der Waals surface area contributed by atoms with Crippen LogP contribution < -0.4 is 14.8 Å². The third-order valence-corrected chi connectivity index (χ3v) is 3.54. The van der Waals surface area contributed by atoms with E-state index in [1.807, 2.05) is 13.0 Å². The molecule has 4 heteroatoms. The Kier molecular flexibility index (Phi) is 4.64. The van der Waals surface area contributed by atoms with Crippen molar-refractivity contribution in [2.24, 2.45) is 0 Å². The lowest BCUT2D eigenvalue weighted by molar-refractivity contribution is 0.147. The maximum atomic E-state index is 9.16. The van der Waals surface area contributed by atoms with Gasteiger partial charge in [0.05, 0.1) is 12.7 Å². The zero-order valence-electron chi connectivity index (χ0n) is 11.5. The van der Waals surface area contributed by atoms with E-state index in [2.05, 4.69) is 11.4 Å². The van der Waals surface area contributed by atoms with Gasteiger partial charge in [0.1, 0.15) is 12.2 Å². The number of methoxy groups -OCH3 is 1. The Balaban J connectivity index is 2.15. The largest absolute Gasteiger partial charge is 0.493 e. The molecule has 1 heterocycles. The molecule has 1 N–H and O–H groups in total. The lowest BCUT2D eigenvalue weighted by Crippen LogP contribution is -2.44. The fourth-order valence-corrected chi connectivity index (χ4v) is 2.43. The van der Waals surface area contributed by atoms with Gasteiger partial charge in [-0.25, -0.2) is 0 Å². The van der Waals surface area contributed by atoms with Gasteiger partial charge in [-0.2, -0.15) is 5.26 Å². The van der Waals surface area contributed by atoms with Crippen molar-refractivity contribution in [3.63, 3.8) is 0 Å². The minimum Gasteiger partial charge on any atom is -0.493 e. The molecule has 2 rings (SSSR count). The third kappa shape index (κ3) is 3.18. The SMILES string of the molecule is COc1cccc(C#N)c1OC(C)C1CCCCN1. The molecule has 19 heavy (non-hydrogen) atoms. The highest BCUT2D eigenvalue weighted by Crippen LogP contribution is 2.32. The molecule has 0 radical (unpaired) electrons. The molecule has 0 spiro atoms. The van der Waals surface area contributed by atoms with Crippen molar-refractivity contribution in [3.8, 4) is 17.6 Å². The van der Waals surface area contributed by atoms with E-state index in [0.29, 0.717) is 23.1 Å². The summed E-state index contributed by atoms with van der Waals surface area (Å²) >= 11 is 0. The summed E-state index contributed by atoms with van der Waals surface area (Å²) in [6.45, 7) is 3.08. The molecule has 1 aliphatic rings. The first kappa shape index (κ1) is 13.7. The van der Waals surface area contributed by atoms with Gasteiger partial charge in [0.25, 0.3) is 0 Å². The molecule has 0 saturated carbocycles. The van der Waals surface area contributed by atoms with Gasteiger partial charge in [-0.15, -0.1) is 0 Å². The first-order valence-corrected chi connectivity index (χ1v) is 6.73. The number of nitriles is 1. The van der Waals surface area contributed by atoms with Gasteiger partial charge in [-0.05, 0) is 38.4 Å². The van der Waals surface area contributed by atoms with Gasteiger partial charge < -0.3 is 14.8 Å². The van der Waals surface area contributed by atoms with Crippen LogP contribution in [0.4, 0.5) is 0 Å². The molecule has 1 saturated heterocycles. The summed E-state index contributed by atoms with van der Waals surface area (Å²) < 4.78 is 11.3. The molecule has 0 aliphatic carbocycles. The van der Waals surface area contributed by atoms with E-state index in [4.69, 9.17) is 14.7 Å². The molecule has 102 valence electrons. The van der Waals surface area contributed by atoms with E-state index in [9.17, 15) is 0 Å². The maximum Gasteiger partial charge on any atom is 0.179 e. The predicted molar refractivity (Wildman–Crippen MR) is 73.4 cm³/mol. The highest BCUT2D eigenvalue weighted by atomic mass is 16.5. The molecule has 4 nitrogen and oxygen atoms in total. The predicted octanol–water partition coefficient (Wildman–Crippen LogP) is 2.48. The topological polar surface area (TPSA) is 54.3 Å². The fraction of sp³-hybridized carbons (Fsp3) is 0.533. The first-order valence-electron chi connectivity index (χ1n) is 6.73. The third-order valence-electron chi connectivity index (χ3n) is 3.54. The average Bonchev–Trinajstić information content (AvgIpc) is 2.48. The van der Waals surface area contributed by atoms with Gasteiger partial charge >= 0.3 is 0 Å². The number of nitrogens with one attached hydrogen (secondary N) is 1. The monoisotopic (exact) mass is 260 g/mol. The van der Waals surface area contributed by atoms with Crippen molar-refractivity contribution < 1.29 is 9.47 Å². The van der Waals surface area contributed by atoms with Crippen molar-refractivity contribution in [2.75, 3.05) is 13.7 Å². The van der Waals surface area contributed by atoms with Crippen molar-refractivity contribution >= 4 is 0 Å². The van der Waals surface area contributed by atoms with Crippen LogP contribution in [-0.2, 0) is 0 Å². The van der Waals surface area contributed by atoms with Crippen LogP contribution in [0.5, 0.6) is 11.5 Å². The van der Waals surface area contributed by atoms with Crippen LogP contribution in [0.15, 0.2) is 18.2 Å². The normalized spacial score (nSPS) is 20.4. The molecular formula is C15H20N2O2. The number of piperidine rings is 1. The summed E-state index contributed by atoms with van der Waals surface area (Å²) in [5.41, 5.74) is 0.516. The standard InChI is InChI=1S/C15H20N2O2/c1-11(13-7-3-4-9-17-13)19-15-12(10-16)6-5-8-14(15)18-2/h5-6,8,11,13,17H,3-4,7,9H2,1-2H3. The molecule has 0 aromatic heterocycles. The van der Waals surface area contributed by atoms with Gasteiger partial charge in [0.2, 0.25) is 0 Å². The second kappa shape index (κ2) is 6.44. The summed E-state index contributed by atoms with van der Waals surface area (Å²) in [5, 5.41) is 12.6. The molecule has 1 aromatic rings. The highest BCUT2D eigenvalue weighted by molar-refractivity contribution is 5.52. The Morgan fingerprint density at radius 2 is 2.26 bits per heavy atom. The number of nitrogens with zero attached hydrogens (tertiary/aromatic N) is 1. The number of hydrogen-bond donors (Lipinski definition) is 1. The zero-order valence-corrected chi connectivity index (χ0v) is 11.5. The van der Waals surface area contributed by atoms with Crippen LogP contribution in [0.2, 0.25) is 0 Å². The molecular weight excluding hydrogens is 240 g/mol. The first-order chi connectivity index (χ1) is 9.26. The molecule has 2 atom stereocenters. The second-order valence-electron chi connectivity index (χ2n) is 4.83. The van der Waals surface area contributed by atoms with E-state index in [1.165, 1.54) is 12.8 Å². The van der Waals surface area contributed by atoms with Gasteiger partial charge in [0.15, 0.2) is 11.5 Å². The van der Waals surface area contributed by atoms with Crippen molar-refractivity contribution in [1.29, 1.82) is 5.26 Å². The van der Waals surface area contributed by atoms with Gasteiger partial charge in [-0.1, -0.05) is 12.5 Å². The van der Waals surface area contributed by atoms with Crippen LogP contribution in [0, 0.1) is 11.3 Å². The van der Waals surface area contributed by atoms with E-state index in [0.717, 1.165) is 13.0 Å². The highest BCUT2D eigenvalue weighted by Gasteiger charge is 2.23. The Morgan fingerprint density at radius 3 is 2.89 bits per heavy atom. The number of hydrogen-bond acceptors (Lipinski definition) is 4. The molecule has 1 fully saturated rings. The van der Waals surface area contributed by atoms with Crippen LogP contribution in [-0.4, -0.2) is 25.8 Å². The fourth-order valence-electron chi connectivity index (χ4n) is 2.43. The van der Waals surface area contributed by atoms with Gasteiger partial charge in [0, 0.05) is 6.04 Å². The summed E-state index contributed by atoms with van der Waals surface area (Å²) in [5.74, 6) is 1.16. The van der Waals surface area contributed by atoms with E-state index in [-0.39, 0.29) is 6.10 Å². The molecule has 0 amide bonds. The molecule has 0 bridgehead atoms. The van der Waals surface area contributed by atoms with Crippen molar-refractivity contribution in [1.82, 2.24) is 5.32 Å². The smallest absolute Gasteiger partial charge is 0.179 e. The number of para-hydroxylation sites is 1. The number of ether oxygens (including phenoxy) is 2. The van der Waals surface area contributed by atoms with E-state index >= 15 is 0 Å². The Morgan fingerprint density at radius 1 is 1.42 bits per heavy atom. The number of benzene rings is 1. The maximum absolute atomic E-state index is 9.16. The van der Waals surface area contributed by atoms with Crippen LogP contribution in [0.3, 0.4) is 0 Å². The summed E-state index contributed by atoms with van der Waals surface area (Å²) in [4.78, 5) is 0. The Bertz CT molecular complexity index is 462. The Labute approximate surface area is 114 Å². The summed E-state index contributed by atoms with van der Waals surface area (Å²) in [6, 6.07) is 7.86. The van der Waals surface area contributed by atoms with Gasteiger partial charge in [-0.3, -0.25) is 0 Å². The lowest BCUT2D eigenvalue weighted by atomic mass is 10.0. The zero-order chi connectivity index (χ0) is 13.7. The van der Waals surface area contributed by atoms with Crippen LogP contribution in [0.1, 0.15) is 31.7 Å². The van der Waals surface area contributed by atoms with E-state index < -0.39 is 0 Å². The van der Waals surface area contributed by atoms with Crippen LogP contribution >= 0.6 is 0 Å². The van der Waals surface area contributed by atoms with Crippen molar-refractivity contribution in [3.05, 3.63) is 23.8 Å². The minimum atomic E-state index is 0.0173. The second-order valence-corrected chi connectivity index (χ2v) is 4.83. The Hall–Kier alpha value is -1.73. The quantitative estimate of drug-likeness (QED) is 0.903. The number of rotatable bonds is 4. The summed E-state index contributed by atoms with van der Waals surface area (Å²) in [7, 11) is 1.59. The van der Waals surface area contributed by atoms with Crippen molar-refractivity contribution in [2.45, 2.75) is 38.3 Å². The van der Waals surface area contributed by atoms with Crippen LogP contribution in [0.25, 0.3) is 0 Å². The molecule has 2 unspecified atom stereocenters. The average molecular weight is 260 g/mol. The van der Waals surface area contributed by atoms with E-state index in [1.54, 1.807) is 19.2 Å². The summed E-state index contributed by atoms with van der Waals surface area (Å²) in [6.07, 6.45) is 3.57. The minimum absolute atomic E-state index is 0.0173. The molecule has 1 aliphatic heterocycles. The lowest BCUT2D eigenvalue weighted by Gasteiger charge is -2.30.